The molecule has 0 spiro atoms. The molecule has 0 N–H and O–H groups in total. The number of carbonyl (C=O) groups excluding carboxylic acids is 1. The first-order valence-electron chi connectivity index (χ1n) is 5.50. The number of methoxy groups -OCH3 is 1. The van der Waals surface area contributed by atoms with Gasteiger partial charge in [-0.1, -0.05) is 11.6 Å². The van der Waals surface area contributed by atoms with E-state index in [9.17, 15) is 4.79 Å². The Hall–Kier alpha value is -1.68. The van der Waals surface area contributed by atoms with Crippen molar-refractivity contribution in [3.8, 4) is 5.75 Å². The second-order valence-corrected chi connectivity index (χ2v) is 4.50. The van der Waals surface area contributed by atoms with Crippen LogP contribution in [-0.4, -0.2) is 19.2 Å². The SMILES string of the molecule is COC(=O)c1oc2ccc(Cl)cc2c1OC(C)C. The first kappa shape index (κ1) is 12.8. The molecule has 0 atom stereocenters. The molecule has 2 rings (SSSR count). The van der Waals surface area contributed by atoms with Gasteiger partial charge in [0.2, 0.25) is 0 Å². The summed E-state index contributed by atoms with van der Waals surface area (Å²) in [4.78, 5) is 11.6. The van der Waals surface area contributed by atoms with Crippen LogP contribution in [0.3, 0.4) is 0 Å². The summed E-state index contributed by atoms with van der Waals surface area (Å²) in [6, 6.07) is 5.08. The lowest BCUT2D eigenvalue weighted by Crippen LogP contribution is -2.09. The lowest BCUT2D eigenvalue weighted by Gasteiger charge is -2.09. The van der Waals surface area contributed by atoms with Gasteiger partial charge in [0, 0.05) is 5.02 Å². The van der Waals surface area contributed by atoms with Crippen LogP contribution in [0.25, 0.3) is 11.0 Å². The Morgan fingerprint density at radius 3 is 2.72 bits per heavy atom. The minimum absolute atomic E-state index is 0.0588. The smallest absolute Gasteiger partial charge is 0.377 e. The van der Waals surface area contributed by atoms with Crippen molar-refractivity contribution in [2.45, 2.75) is 20.0 Å². The predicted octanol–water partition coefficient (Wildman–Crippen LogP) is 3.66. The molecule has 0 unspecified atom stereocenters. The van der Waals surface area contributed by atoms with E-state index in [-0.39, 0.29) is 11.9 Å². The second kappa shape index (κ2) is 4.90. The number of fused-ring (bicyclic) bond motifs is 1. The maximum atomic E-state index is 11.6. The van der Waals surface area contributed by atoms with Gasteiger partial charge in [-0.2, -0.15) is 0 Å². The van der Waals surface area contributed by atoms with E-state index in [4.69, 9.17) is 20.8 Å². The molecule has 0 fully saturated rings. The van der Waals surface area contributed by atoms with E-state index in [2.05, 4.69) is 4.74 Å². The largest absolute Gasteiger partial charge is 0.486 e. The molecule has 96 valence electrons. The van der Waals surface area contributed by atoms with Crippen LogP contribution in [0.15, 0.2) is 22.6 Å². The van der Waals surface area contributed by atoms with Crippen molar-refractivity contribution in [2.24, 2.45) is 0 Å². The summed E-state index contributed by atoms with van der Waals surface area (Å²) in [5.41, 5.74) is 0.537. The van der Waals surface area contributed by atoms with Gasteiger partial charge < -0.3 is 13.9 Å². The molecule has 0 amide bonds. The molecule has 0 aliphatic heterocycles. The number of rotatable bonds is 3. The van der Waals surface area contributed by atoms with Gasteiger partial charge in [0.05, 0.1) is 18.6 Å². The molecule has 1 heterocycles. The zero-order chi connectivity index (χ0) is 13.3. The molecular formula is C13H13ClO4. The second-order valence-electron chi connectivity index (χ2n) is 4.06. The molecule has 0 saturated carbocycles. The average molecular weight is 269 g/mol. The Balaban J connectivity index is 2.65. The molecule has 0 radical (unpaired) electrons. The molecule has 0 aliphatic rings. The molecule has 2 aromatic rings. The Labute approximate surface area is 109 Å². The van der Waals surface area contributed by atoms with E-state index in [1.54, 1.807) is 18.2 Å². The number of halogens is 1. The normalized spacial score (nSPS) is 10.9. The number of carbonyl (C=O) groups is 1. The number of esters is 1. The van der Waals surface area contributed by atoms with Gasteiger partial charge in [0.15, 0.2) is 5.75 Å². The van der Waals surface area contributed by atoms with Crippen molar-refractivity contribution in [3.05, 3.63) is 29.0 Å². The van der Waals surface area contributed by atoms with Crippen molar-refractivity contribution in [2.75, 3.05) is 7.11 Å². The third-order valence-electron chi connectivity index (χ3n) is 2.33. The summed E-state index contributed by atoms with van der Waals surface area (Å²) in [6.07, 6.45) is -0.0896. The van der Waals surface area contributed by atoms with Crippen LogP contribution < -0.4 is 4.74 Å². The number of hydrogen-bond acceptors (Lipinski definition) is 4. The van der Waals surface area contributed by atoms with E-state index in [1.165, 1.54) is 7.11 Å². The van der Waals surface area contributed by atoms with Gasteiger partial charge in [-0.05, 0) is 32.0 Å². The van der Waals surface area contributed by atoms with Gasteiger partial charge >= 0.3 is 5.97 Å². The quantitative estimate of drug-likeness (QED) is 0.797. The van der Waals surface area contributed by atoms with Crippen LogP contribution in [-0.2, 0) is 4.74 Å². The van der Waals surface area contributed by atoms with Gasteiger partial charge in [-0.25, -0.2) is 4.79 Å². The van der Waals surface area contributed by atoms with E-state index in [0.29, 0.717) is 21.7 Å². The van der Waals surface area contributed by atoms with Crippen LogP contribution in [0.2, 0.25) is 5.02 Å². The minimum atomic E-state index is -0.571. The first-order chi connectivity index (χ1) is 8.52. The maximum Gasteiger partial charge on any atom is 0.377 e. The fourth-order valence-electron chi connectivity index (χ4n) is 1.63. The summed E-state index contributed by atoms with van der Waals surface area (Å²) in [5.74, 6) is -0.143. The average Bonchev–Trinajstić information content (AvgIpc) is 2.66. The number of ether oxygens (including phenoxy) is 2. The topological polar surface area (TPSA) is 48.7 Å². The highest BCUT2D eigenvalue weighted by molar-refractivity contribution is 6.31. The van der Waals surface area contributed by atoms with Crippen molar-refractivity contribution in [3.63, 3.8) is 0 Å². The number of benzene rings is 1. The Kier molecular flexibility index (Phi) is 3.48. The summed E-state index contributed by atoms with van der Waals surface area (Å²) >= 11 is 5.94. The number of furan rings is 1. The highest BCUT2D eigenvalue weighted by Crippen LogP contribution is 2.35. The van der Waals surface area contributed by atoms with Crippen LogP contribution >= 0.6 is 11.6 Å². The van der Waals surface area contributed by atoms with Gasteiger partial charge in [0.1, 0.15) is 5.58 Å². The van der Waals surface area contributed by atoms with Crippen LogP contribution in [0.1, 0.15) is 24.4 Å². The van der Waals surface area contributed by atoms with Gasteiger partial charge in [-0.3, -0.25) is 0 Å². The lowest BCUT2D eigenvalue weighted by molar-refractivity contribution is 0.0559. The molecule has 1 aromatic carbocycles. The van der Waals surface area contributed by atoms with Gasteiger partial charge in [0.25, 0.3) is 5.76 Å². The molecule has 18 heavy (non-hydrogen) atoms. The Bertz CT molecular complexity index is 586. The molecule has 0 bridgehead atoms. The zero-order valence-corrected chi connectivity index (χ0v) is 11.1. The van der Waals surface area contributed by atoms with E-state index in [1.807, 2.05) is 13.8 Å². The van der Waals surface area contributed by atoms with Crippen LogP contribution in [0.5, 0.6) is 5.75 Å². The summed E-state index contributed by atoms with van der Waals surface area (Å²) in [5, 5.41) is 1.21. The first-order valence-corrected chi connectivity index (χ1v) is 5.87. The van der Waals surface area contributed by atoms with Crippen molar-refractivity contribution >= 4 is 28.5 Å². The minimum Gasteiger partial charge on any atom is -0.486 e. The van der Waals surface area contributed by atoms with Gasteiger partial charge in [-0.15, -0.1) is 0 Å². The molecular weight excluding hydrogens is 256 g/mol. The fraction of sp³-hybridized carbons (Fsp3) is 0.308. The summed E-state index contributed by atoms with van der Waals surface area (Å²) < 4.78 is 15.7. The third kappa shape index (κ3) is 2.29. The summed E-state index contributed by atoms with van der Waals surface area (Å²) in [7, 11) is 1.29. The highest BCUT2D eigenvalue weighted by Gasteiger charge is 2.23. The Morgan fingerprint density at radius 2 is 2.11 bits per heavy atom. The monoisotopic (exact) mass is 268 g/mol. The van der Waals surface area contributed by atoms with E-state index >= 15 is 0 Å². The van der Waals surface area contributed by atoms with Crippen molar-refractivity contribution in [1.82, 2.24) is 0 Å². The summed E-state index contributed by atoms with van der Waals surface area (Å²) in [6.45, 7) is 3.73. The maximum absolute atomic E-state index is 11.6. The highest BCUT2D eigenvalue weighted by atomic mass is 35.5. The van der Waals surface area contributed by atoms with Crippen LogP contribution in [0.4, 0.5) is 0 Å². The molecule has 4 nitrogen and oxygen atoms in total. The van der Waals surface area contributed by atoms with Crippen LogP contribution in [0, 0.1) is 0 Å². The molecule has 0 aliphatic carbocycles. The molecule has 0 saturated heterocycles. The fourth-order valence-corrected chi connectivity index (χ4v) is 1.80. The van der Waals surface area contributed by atoms with E-state index < -0.39 is 5.97 Å². The molecule has 1 aromatic heterocycles. The number of hydrogen-bond donors (Lipinski definition) is 0. The standard InChI is InChI=1S/C13H13ClO4/c1-7(2)17-11-9-6-8(14)4-5-10(9)18-12(11)13(15)16-3/h4-7H,1-3H3. The Morgan fingerprint density at radius 1 is 1.39 bits per heavy atom. The predicted molar refractivity (Wildman–Crippen MR) is 68.3 cm³/mol. The van der Waals surface area contributed by atoms with Crippen molar-refractivity contribution in [1.29, 1.82) is 0 Å². The third-order valence-corrected chi connectivity index (χ3v) is 2.56. The molecule has 5 heteroatoms. The lowest BCUT2D eigenvalue weighted by atomic mass is 10.2. The van der Waals surface area contributed by atoms with Crippen molar-refractivity contribution < 1.29 is 18.7 Å². The zero-order valence-electron chi connectivity index (χ0n) is 10.3. The van der Waals surface area contributed by atoms with E-state index in [0.717, 1.165) is 0 Å².